The van der Waals surface area contributed by atoms with E-state index in [0.29, 0.717) is 5.56 Å². The molecule has 5 heteroatoms. The van der Waals surface area contributed by atoms with Crippen molar-refractivity contribution in [3.05, 3.63) is 47.5 Å². The number of halogens is 3. The summed E-state index contributed by atoms with van der Waals surface area (Å²) in [4.78, 5) is 11.7. The SMILES string of the molecule is O=C(Cc1ccc(C(F)(F)F)cc1)OC1C=CCCC1. The van der Waals surface area contributed by atoms with Crippen molar-refractivity contribution < 1.29 is 22.7 Å². The van der Waals surface area contributed by atoms with Gasteiger partial charge in [-0.3, -0.25) is 4.79 Å². The molecule has 0 aromatic heterocycles. The molecule has 1 aliphatic rings. The second-order valence-electron chi connectivity index (χ2n) is 4.76. The average Bonchev–Trinajstić information content (AvgIpc) is 2.39. The summed E-state index contributed by atoms with van der Waals surface area (Å²) < 4.78 is 42.4. The summed E-state index contributed by atoms with van der Waals surface area (Å²) in [6.07, 6.45) is 2.03. The van der Waals surface area contributed by atoms with E-state index < -0.39 is 17.7 Å². The molecule has 0 fully saturated rings. The van der Waals surface area contributed by atoms with E-state index in [2.05, 4.69) is 0 Å². The quantitative estimate of drug-likeness (QED) is 0.621. The molecule has 0 saturated heterocycles. The first-order valence-electron chi connectivity index (χ1n) is 6.47. The molecule has 0 radical (unpaired) electrons. The number of hydrogen-bond acceptors (Lipinski definition) is 2. The Balaban J connectivity index is 1.91. The zero-order valence-electron chi connectivity index (χ0n) is 10.8. The first-order chi connectivity index (χ1) is 9.45. The van der Waals surface area contributed by atoms with Crippen molar-refractivity contribution in [3.63, 3.8) is 0 Å². The number of ether oxygens (including phenoxy) is 1. The van der Waals surface area contributed by atoms with Gasteiger partial charge in [-0.1, -0.05) is 18.2 Å². The van der Waals surface area contributed by atoms with Gasteiger partial charge in [-0.15, -0.1) is 0 Å². The van der Waals surface area contributed by atoms with Crippen molar-refractivity contribution in [1.29, 1.82) is 0 Å². The lowest BCUT2D eigenvalue weighted by Gasteiger charge is -2.17. The van der Waals surface area contributed by atoms with Crippen LogP contribution in [0.5, 0.6) is 0 Å². The molecule has 0 aliphatic heterocycles. The molecule has 0 N–H and O–H groups in total. The molecule has 1 unspecified atom stereocenters. The Morgan fingerprint density at radius 1 is 1.25 bits per heavy atom. The summed E-state index contributed by atoms with van der Waals surface area (Å²) >= 11 is 0. The molecule has 0 saturated carbocycles. The minimum atomic E-state index is -4.36. The third kappa shape index (κ3) is 4.11. The Morgan fingerprint density at radius 3 is 2.50 bits per heavy atom. The Labute approximate surface area is 115 Å². The zero-order chi connectivity index (χ0) is 14.6. The zero-order valence-corrected chi connectivity index (χ0v) is 10.8. The van der Waals surface area contributed by atoms with Crippen molar-refractivity contribution in [2.24, 2.45) is 0 Å². The van der Waals surface area contributed by atoms with Crippen molar-refractivity contribution in [2.45, 2.75) is 38.0 Å². The maximum absolute atomic E-state index is 12.4. The second kappa shape index (κ2) is 6.11. The average molecular weight is 284 g/mol. The molecule has 20 heavy (non-hydrogen) atoms. The Hall–Kier alpha value is -1.78. The first-order valence-corrected chi connectivity index (χ1v) is 6.47. The molecule has 0 heterocycles. The van der Waals surface area contributed by atoms with E-state index in [-0.39, 0.29) is 12.5 Å². The number of hydrogen-bond donors (Lipinski definition) is 0. The maximum atomic E-state index is 12.4. The smallest absolute Gasteiger partial charge is 0.416 e. The Bertz CT molecular complexity index is 489. The fourth-order valence-electron chi connectivity index (χ4n) is 2.07. The van der Waals surface area contributed by atoms with Crippen LogP contribution in [0.4, 0.5) is 13.2 Å². The van der Waals surface area contributed by atoms with Crippen LogP contribution in [0.3, 0.4) is 0 Å². The van der Waals surface area contributed by atoms with Crippen molar-refractivity contribution >= 4 is 5.97 Å². The number of benzene rings is 1. The van der Waals surface area contributed by atoms with Crippen LogP contribution in [0.2, 0.25) is 0 Å². The van der Waals surface area contributed by atoms with Gasteiger partial charge >= 0.3 is 12.1 Å². The molecule has 1 aromatic rings. The summed E-state index contributed by atoms with van der Waals surface area (Å²) in [5.74, 6) is -0.415. The third-order valence-corrected chi connectivity index (χ3v) is 3.12. The van der Waals surface area contributed by atoms with Gasteiger partial charge in [-0.2, -0.15) is 13.2 Å². The van der Waals surface area contributed by atoms with Crippen LogP contribution in [-0.2, 0) is 22.1 Å². The van der Waals surface area contributed by atoms with Crippen LogP contribution < -0.4 is 0 Å². The van der Waals surface area contributed by atoms with Crippen molar-refractivity contribution in [1.82, 2.24) is 0 Å². The van der Waals surface area contributed by atoms with Gasteiger partial charge in [0, 0.05) is 0 Å². The van der Waals surface area contributed by atoms with Gasteiger partial charge in [0.15, 0.2) is 0 Å². The van der Waals surface area contributed by atoms with E-state index in [0.717, 1.165) is 31.4 Å². The van der Waals surface area contributed by atoms with E-state index in [4.69, 9.17) is 4.74 Å². The molecule has 2 nitrogen and oxygen atoms in total. The lowest BCUT2D eigenvalue weighted by molar-refractivity contribution is -0.146. The van der Waals surface area contributed by atoms with Crippen LogP contribution in [-0.4, -0.2) is 12.1 Å². The summed E-state index contributed by atoms with van der Waals surface area (Å²) in [5.41, 5.74) is -0.201. The number of alkyl halides is 3. The van der Waals surface area contributed by atoms with E-state index in [1.807, 2.05) is 12.2 Å². The van der Waals surface area contributed by atoms with Crippen molar-refractivity contribution in [3.8, 4) is 0 Å². The van der Waals surface area contributed by atoms with Crippen LogP contribution in [0.25, 0.3) is 0 Å². The highest BCUT2D eigenvalue weighted by Crippen LogP contribution is 2.29. The molecule has 0 spiro atoms. The second-order valence-corrected chi connectivity index (χ2v) is 4.76. The van der Waals surface area contributed by atoms with Crippen LogP contribution >= 0.6 is 0 Å². The fraction of sp³-hybridized carbons (Fsp3) is 0.400. The topological polar surface area (TPSA) is 26.3 Å². The van der Waals surface area contributed by atoms with Crippen LogP contribution in [0.1, 0.15) is 30.4 Å². The monoisotopic (exact) mass is 284 g/mol. The molecule has 1 atom stereocenters. The van der Waals surface area contributed by atoms with Gasteiger partial charge < -0.3 is 4.74 Å². The fourth-order valence-corrected chi connectivity index (χ4v) is 2.07. The molecule has 2 rings (SSSR count). The molecule has 1 aliphatic carbocycles. The summed E-state index contributed by atoms with van der Waals surface area (Å²) in [6.45, 7) is 0. The molecular formula is C15H15F3O2. The lowest BCUT2D eigenvalue weighted by atomic mass is 10.1. The normalized spacial score (nSPS) is 18.9. The van der Waals surface area contributed by atoms with E-state index in [1.165, 1.54) is 12.1 Å². The minimum Gasteiger partial charge on any atom is -0.458 e. The van der Waals surface area contributed by atoms with Gasteiger partial charge in [-0.05, 0) is 43.0 Å². The number of allylic oxidation sites excluding steroid dienone is 1. The Kier molecular flexibility index (Phi) is 4.47. The number of esters is 1. The molecule has 1 aromatic carbocycles. The molecule has 108 valence electrons. The van der Waals surface area contributed by atoms with Crippen LogP contribution in [0, 0.1) is 0 Å². The van der Waals surface area contributed by atoms with Gasteiger partial charge in [0.2, 0.25) is 0 Å². The van der Waals surface area contributed by atoms with E-state index in [9.17, 15) is 18.0 Å². The van der Waals surface area contributed by atoms with Gasteiger partial charge in [0.1, 0.15) is 6.10 Å². The highest BCUT2D eigenvalue weighted by molar-refractivity contribution is 5.72. The third-order valence-electron chi connectivity index (χ3n) is 3.12. The minimum absolute atomic E-state index is 0.0114. The summed E-state index contributed by atoms with van der Waals surface area (Å²) in [5, 5.41) is 0. The molecular weight excluding hydrogens is 269 g/mol. The number of carbonyl (C=O) groups is 1. The Morgan fingerprint density at radius 2 is 1.95 bits per heavy atom. The van der Waals surface area contributed by atoms with Crippen molar-refractivity contribution in [2.75, 3.05) is 0 Å². The van der Waals surface area contributed by atoms with E-state index in [1.54, 1.807) is 0 Å². The lowest BCUT2D eigenvalue weighted by Crippen LogP contribution is -2.19. The first kappa shape index (κ1) is 14.6. The standard InChI is InChI=1S/C15H15F3O2/c16-15(17,18)12-8-6-11(7-9-12)10-14(19)20-13-4-2-1-3-5-13/h2,4,6-9,13H,1,3,5,10H2. The predicted molar refractivity (Wildman–Crippen MR) is 68.0 cm³/mol. The largest absolute Gasteiger partial charge is 0.458 e. The number of carbonyl (C=O) groups excluding carboxylic acids is 1. The highest BCUT2D eigenvalue weighted by Gasteiger charge is 2.30. The summed E-state index contributed by atoms with van der Waals surface area (Å²) in [7, 11) is 0. The molecule has 0 bridgehead atoms. The van der Waals surface area contributed by atoms with Gasteiger partial charge in [0.05, 0.1) is 12.0 Å². The number of rotatable bonds is 3. The summed E-state index contributed by atoms with van der Waals surface area (Å²) in [6, 6.07) is 4.56. The van der Waals surface area contributed by atoms with Gasteiger partial charge in [-0.25, -0.2) is 0 Å². The van der Waals surface area contributed by atoms with E-state index >= 15 is 0 Å². The maximum Gasteiger partial charge on any atom is 0.416 e. The predicted octanol–water partition coefficient (Wildman–Crippen LogP) is 3.90. The molecule has 0 amide bonds. The van der Waals surface area contributed by atoms with Crippen LogP contribution in [0.15, 0.2) is 36.4 Å². The van der Waals surface area contributed by atoms with Gasteiger partial charge in [0.25, 0.3) is 0 Å². The highest BCUT2D eigenvalue weighted by atomic mass is 19.4.